The summed E-state index contributed by atoms with van der Waals surface area (Å²) in [4.78, 5) is 15.0. The molecule has 4 nitrogen and oxygen atoms in total. The molecule has 1 radical (unpaired) electrons. The monoisotopic (exact) mass is 279 g/mol. The minimum absolute atomic E-state index is 0. The van der Waals surface area contributed by atoms with E-state index in [2.05, 4.69) is 11.9 Å². The van der Waals surface area contributed by atoms with Crippen molar-refractivity contribution in [2.75, 3.05) is 0 Å². The fraction of sp³-hybridized carbons (Fsp3) is 0.100. The van der Waals surface area contributed by atoms with Gasteiger partial charge in [-0.05, 0) is 12.3 Å². The summed E-state index contributed by atoms with van der Waals surface area (Å²) in [5, 5.41) is 10.1. The van der Waals surface area contributed by atoms with Crippen LogP contribution in [-0.4, -0.2) is 10.1 Å². The Bertz CT molecular complexity index is 562. The third-order valence-corrected chi connectivity index (χ3v) is 2.04. The summed E-state index contributed by atoms with van der Waals surface area (Å²) < 4.78 is 4.92. The maximum atomic E-state index is 11.2. The third-order valence-electron chi connectivity index (χ3n) is 2.04. The van der Waals surface area contributed by atoms with Gasteiger partial charge in [-0.15, -0.1) is 5.69 Å². The molecule has 0 fully saturated rings. The predicted molar refractivity (Wildman–Crippen MR) is 51.1 cm³/mol. The number of aromatic hydroxyl groups is 1. The van der Waals surface area contributed by atoms with E-state index in [0.29, 0.717) is 11.1 Å². The number of nitrogens with zero attached hydrogens (tertiary/aromatic N) is 1. The minimum atomic E-state index is -0.548. The molecule has 15 heavy (non-hydrogen) atoms. The maximum Gasteiger partial charge on any atom is 0.342 e. The van der Waals surface area contributed by atoms with Crippen LogP contribution in [0.4, 0.5) is 0 Å². The SMILES string of the molecule is [CH2-]c1cc2c(O)c(C)c(=O)oc2cn1.[Y]. The minimum Gasteiger partial charge on any atom is -0.508 e. The normalized spacial score (nSPS) is 9.93. The van der Waals surface area contributed by atoms with E-state index in [9.17, 15) is 9.90 Å². The molecule has 0 unspecified atom stereocenters. The Morgan fingerprint density at radius 1 is 1.53 bits per heavy atom. The van der Waals surface area contributed by atoms with Crippen molar-refractivity contribution in [3.05, 3.63) is 40.9 Å². The second-order valence-electron chi connectivity index (χ2n) is 3.03. The van der Waals surface area contributed by atoms with E-state index in [0.717, 1.165) is 0 Å². The number of rotatable bonds is 0. The van der Waals surface area contributed by atoms with E-state index < -0.39 is 5.63 Å². The van der Waals surface area contributed by atoms with Gasteiger partial charge in [0, 0.05) is 32.7 Å². The van der Waals surface area contributed by atoms with Crippen LogP contribution in [0.15, 0.2) is 21.5 Å². The molecule has 0 aromatic carbocycles. The first-order chi connectivity index (χ1) is 6.59. The Hall–Kier alpha value is -0.866. The first-order valence-corrected chi connectivity index (χ1v) is 4.04. The number of fused-ring (bicyclic) bond motifs is 1. The van der Waals surface area contributed by atoms with Gasteiger partial charge in [0.15, 0.2) is 0 Å². The Morgan fingerprint density at radius 3 is 2.87 bits per heavy atom. The third kappa shape index (κ3) is 2.06. The average Bonchev–Trinajstić information content (AvgIpc) is 2.16. The van der Waals surface area contributed by atoms with Gasteiger partial charge in [0.2, 0.25) is 0 Å². The summed E-state index contributed by atoms with van der Waals surface area (Å²) >= 11 is 0. The number of aromatic nitrogens is 1. The van der Waals surface area contributed by atoms with Crippen LogP contribution in [0.5, 0.6) is 5.75 Å². The second-order valence-corrected chi connectivity index (χ2v) is 3.03. The van der Waals surface area contributed by atoms with Gasteiger partial charge in [0.1, 0.15) is 11.3 Å². The molecule has 0 saturated heterocycles. The van der Waals surface area contributed by atoms with Gasteiger partial charge in [-0.25, -0.2) is 11.7 Å². The molecule has 2 aromatic heterocycles. The van der Waals surface area contributed by atoms with Crippen LogP contribution in [-0.2, 0) is 32.7 Å². The summed E-state index contributed by atoms with van der Waals surface area (Å²) in [6.45, 7) is 5.13. The molecule has 0 bridgehead atoms. The first-order valence-electron chi connectivity index (χ1n) is 4.04. The van der Waals surface area contributed by atoms with Crippen molar-refractivity contribution in [3.8, 4) is 5.75 Å². The summed E-state index contributed by atoms with van der Waals surface area (Å²) in [6.07, 6.45) is 1.37. The molecular weight excluding hydrogens is 271 g/mol. The zero-order valence-corrected chi connectivity index (χ0v) is 11.0. The van der Waals surface area contributed by atoms with Gasteiger partial charge < -0.3 is 9.52 Å². The molecule has 5 heteroatoms. The quantitative estimate of drug-likeness (QED) is 0.740. The Kier molecular flexibility index (Phi) is 3.52. The van der Waals surface area contributed by atoms with Gasteiger partial charge in [0.05, 0.1) is 11.8 Å². The van der Waals surface area contributed by atoms with Crippen molar-refractivity contribution in [3.63, 3.8) is 0 Å². The van der Waals surface area contributed by atoms with Gasteiger partial charge in [0.25, 0.3) is 0 Å². The second kappa shape index (κ2) is 4.33. The van der Waals surface area contributed by atoms with E-state index in [4.69, 9.17) is 4.42 Å². The molecule has 75 valence electrons. The molecule has 0 amide bonds. The van der Waals surface area contributed by atoms with E-state index in [1.807, 2.05) is 0 Å². The summed E-state index contributed by atoms with van der Waals surface area (Å²) in [5.74, 6) is -0.0662. The van der Waals surface area contributed by atoms with E-state index in [-0.39, 0.29) is 49.6 Å². The van der Waals surface area contributed by atoms with Crippen molar-refractivity contribution in [1.82, 2.24) is 4.98 Å². The van der Waals surface area contributed by atoms with Gasteiger partial charge in [-0.1, -0.05) is 0 Å². The average molecular weight is 279 g/mol. The Labute approximate surface area is 111 Å². The van der Waals surface area contributed by atoms with Crippen LogP contribution in [0.3, 0.4) is 0 Å². The van der Waals surface area contributed by atoms with Crippen LogP contribution >= 0.6 is 0 Å². The molecule has 1 N–H and O–H groups in total. The number of pyridine rings is 1. The fourth-order valence-corrected chi connectivity index (χ4v) is 1.23. The molecule has 2 rings (SSSR count). The molecule has 0 aliphatic heterocycles. The molecule has 2 heterocycles. The molecule has 0 aliphatic carbocycles. The number of hydrogen-bond donors (Lipinski definition) is 1. The van der Waals surface area contributed by atoms with E-state index in [1.54, 1.807) is 6.07 Å². The van der Waals surface area contributed by atoms with Crippen molar-refractivity contribution >= 4 is 11.0 Å². The molecule has 0 spiro atoms. The molecule has 2 aromatic rings. The first kappa shape index (κ1) is 12.2. The van der Waals surface area contributed by atoms with Crippen molar-refractivity contribution in [2.45, 2.75) is 6.92 Å². The summed E-state index contributed by atoms with van der Waals surface area (Å²) in [6, 6.07) is 1.57. The van der Waals surface area contributed by atoms with E-state index >= 15 is 0 Å². The smallest absolute Gasteiger partial charge is 0.342 e. The largest absolute Gasteiger partial charge is 0.508 e. The Balaban J connectivity index is 0.00000112. The fourth-order valence-electron chi connectivity index (χ4n) is 1.23. The van der Waals surface area contributed by atoms with Crippen molar-refractivity contribution in [1.29, 1.82) is 0 Å². The van der Waals surface area contributed by atoms with Gasteiger partial charge >= 0.3 is 5.63 Å². The zero-order chi connectivity index (χ0) is 10.3. The molecule has 0 aliphatic rings. The van der Waals surface area contributed by atoms with Crippen LogP contribution < -0.4 is 5.63 Å². The van der Waals surface area contributed by atoms with Crippen LogP contribution in [0.2, 0.25) is 0 Å². The topological polar surface area (TPSA) is 63.3 Å². The van der Waals surface area contributed by atoms with Gasteiger partial charge in [-0.3, -0.25) is 4.98 Å². The summed E-state index contributed by atoms with van der Waals surface area (Å²) in [7, 11) is 0. The van der Waals surface area contributed by atoms with E-state index in [1.165, 1.54) is 13.1 Å². The Morgan fingerprint density at radius 2 is 2.20 bits per heavy atom. The maximum absolute atomic E-state index is 11.2. The molecular formula is C10H8NO3Y-. The molecule has 0 atom stereocenters. The van der Waals surface area contributed by atoms with Crippen molar-refractivity contribution < 1.29 is 42.2 Å². The van der Waals surface area contributed by atoms with Crippen LogP contribution in [0, 0.1) is 13.8 Å². The standard InChI is InChI=1S/C10H8NO3.Y/c1-5-3-7-8(4-11-5)14-10(13)6(2)9(7)12;/h3-4,12H,1H2,2H3;/q-1;. The van der Waals surface area contributed by atoms with Gasteiger partial charge in [-0.2, -0.15) is 6.07 Å². The predicted octanol–water partition coefficient (Wildman–Crippen LogP) is 1.38. The summed E-state index contributed by atoms with van der Waals surface area (Å²) in [5.41, 5.74) is 0.434. The van der Waals surface area contributed by atoms with Crippen LogP contribution in [0.25, 0.3) is 11.0 Å². The van der Waals surface area contributed by atoms with Crippen molar-refractivity contribution in [2.24, 2.45) is 0 Å². The molecule has 0 saturated carbocycles. The zero-order valence-electron chi connectivity index (χ0n) is 8.15. The van der Waals surface area contributed by atoms with Crippen LogP contribution in [0.1, 0.15) is 11.3 Å². The number of hydrogen-bond acceptors (Lipinski definition) is 4.